The van der Waals surface area contributed by atoms with Crippen LogP contribution in [0.1, 0.15) is 75.1 Å². The maximum absolute atomic E-state index is 13.0. The molecule has 1 saturated carbocycles. The summed E-state index contributed by atoms with van der Waals surface area (Å²) in [6.45, 7) is 6.19. The predicted octanol–water partition coefficient (Wildman–Crippen LogP) is 5.90. The van der Waals surface area contributed by atoms with Crippen molar-refractivity contribution in [2.45, 2.75) is 65.5 Å². The second-order valence-electron chi connectivity index (χ2n) is 9.38. The summed E-state index contributed by atoms with van der Waals surface area (Å²) in [6, 6.07) is 13.2. The molecule has 182 valence electrons. The van der Waals surface area contributed by atoms with Gasteiger partial charge in [-0.25, -0.2) is 0 Å². The minimum atomic E-state index is -0.197. The third-order valence-electron chi connectivity index (χ3n) is 6.51. The molecule has 3 aromatic rings. The fourth-order valence-electron chi connectivity index (χ4n) is 4.60. The molecule has 1 aromatic heterocycles. The third-order valence-corrected chi connectivity index (χ3v) is 6.51. The maximum Gasteiger partial charge on any atom is 0.255 e. The van der Waals surface area contributed by atoms with Crippen LogP contribution in [-0.4, -0.2) is 22.8 Å². The zero-order chi connectivity index (χ0) is 24.8. The second kappa shape index (κ2) is 11.2. The first-order valence-electron chi connectivity index (χ1n) is 12.3. The number of carbonyl (C=O) groups is 2. The van der Waals surface area contributed by atoms with E-state index in [1.165, 1.54) is 19.3 Å². The molecule has 6 nitrogen and oxygen atoms in total. The highest BCUT2D eigenvalue weighted by atomic mass is 16.5. The first kappa shape index (κ1) is 24.5. The van der Waals surface area contributed by atoms with Gasteiger partial charge in [-0.2, -0.15) is 0 Å². The van der Waals surface area contributed by atoms with Crippen LogP contribution in [0.25, 0.3) is 0 Å². The lowest BCUT2D eigenvalue weighted by Crippen LogP contribution is -2.36. The molecule has 1 aliphatic carbocycles. The largest absolute Gasteiger partial charge is 0.488 e. The van der Waals surface area contributed by atoms with Crippen LogP contribution in [0.4, 0.5) is 5.69 Å². The van der Waals surface area contributed by atoms with Gasteiger partial charge in [0.2, 0.25) is 0 Å². The first-order chi connectivity index (χ1) is 16.9. The van der Waals surface area contributed by atoms with Gasteiger partial charge in [-0.1, -0.05) is 25.3 Å². The maximum atomic E-state index is 13.0. The lowest BCUT2D eigenvalue weighted by Gasteiger charge is -2.23. The zero-order valence-corrected chi connectivity index (χ0v) is 20.7. The van der Waals surface area contributed by atoms with Gasteiger partial charge in [0.15, 0.2) is 0 Å². The van der Waals surface area contributed by atoms with E-state index in [0.29, 0.717) is 23.4 Å². The minimum Gasteiger partial charge on any atom is -0.488 e. The van der Waals surface area contributed by atoms with Crippen molar-refractivity contribution < 1.29 is 14.3 Å². The Bertz CT molecular complexity index is 1180. The Morgan fingerprint density at radius 3 is 2.29 bits per heavy atom. The Hall–Kier alpha value is -3.67. The van der Waals surface area contributed by atoms with E-state index in [1.807, 2.05) is 51.1 Å². The number of hydrogen-bond donors (Lipinski definition) is 2. The van der Waals surface area contributed by atoms with E-state index >= 15 is 0 Å². The molecule has 2 amide bonds. The Kier molecular flexibility index (Phi) is 7.80. The number of amides is 2. The number of nitrogens with zero attached hydrogens (tertiary/aromatic N) is 1. The van der Waals surface area contributed by atoms with Gasteiger partial charge < -0.3 is 15.4 Å². The van der Waals surface area contributed by atoms with Crippen LogP contribution < -0.4 is 15.4 Å². The van der Waals surface area contributed by atoms with Gasteiger partial charge in [0, 0.05) is 40.8 Å². The van der Waals surface area contributed by atoms with Crippen molar-refractivity contribution in [1.29, 1.82) is 0 Å². The van der Waals surface area contributed by atoms with Crippen LogP contribution in [0, 0.1) is 20.8 Å². The summed E-state index contributed by atoms with van der Waals surface area (Å²) >= 11 is 0. The van der Waals surface area contributed by atoms with Gasteiger partial charge in [-0.3, -0.25) is 14.6 Å². The molecular weight excluding hydrogens is 438 g/mol. The Balaban J connectivity index is 1.41. The summed E-state index contributed by atoms with van der Waals surface area (Å²) in [5.74, 6) is 0.526. The topological polar surface area (TPSA) is 80.3 Å². The van der Waals surface area contributed by atoms with Gasteiger partial charge in [0.05, 0.1) is 0 Å². The van der Waals surface area contributed by atoms with Crippen LogP contribution in [-0.2, 0) is 6.61 Å². The molecule has 1 fully saturated rings. The van der Waals surface area contributed by atoms with Crippen molar-refractivity contribution in [2.75, 3.05) is 5.32 Å². The Morgan fingerprint density at radius 1 is 0.914 bits per heavy atom. The van der Waals surface area contributed by atoms with Gasteiger partial charge in [0.25, 0.3) is 11.8 Å². The molecule has 0 saturated heterocycles. The molecule has 0 unspecified atom stereocenters. The monoisotopic (exact) mass is 471 g/mol. The molecule has 0 atom stereocenters. The fraction of sp³-hybridized carbons (Fsp3) is 0.345. The quantitative estimate of drug-likeness (QED) is 0.450. The average molecular weight is 472 g/mol. The van der Waals surface area contributed by atoms with Crippen LogP contribution >= 0.6 is 0 Å². The summed E-state index contributed by atoms with van der Waals surface area (Å²) < 4.78 is 6.01. The fourth-order valence-corrected chi connectivity index (χ4v) is 4.60. The van der Waals surface area contributed by atoms with Crippen molar-refractivity contribution in [3.63, 3.8) is 0 Å². The first-order valence-corrected chi connectivity index (χ1v) is 12.3. The number of pyridine rings is 1. The van der Waals surface area contributed by atoms with Crippen molar-refractivity contribution in [1.82, 2.24) is 10.3 Å². The van der Waals surface area contributed by atoms with Crippen molar-refractivity contribution in [3.8, 4) is 5.75 Å². The molecule has 6 heteroatoms. The van der Waals surface area contributed by atoms with Gasteiger partial charge in [0.1, 0.15) is 12.4 Å². The Labute approximate surface area is 207 Å². The van der Waals surface area contributed by atoms with E-state index in [-0.39, 0.29) is 17.9 Å². The number of rotatable bonds is 7. The Morgan fingerprint density at radius 2 is 1.63 bits per heavy atom. The highest BCUT2D eigenvalue weighted by Gasteiger charge is 2.18. The average Bonchev–Trinajstić information content (AvgIpc) is 2.85. The smallest absolute Gasteiger partial charge is 0.255 e. The number of carbonyl (C=O) groups excluding carboxylic acids is 2. The number of nitrogens with one attached hydrogen (secondary N) is 2. The number of ether oxygens (including phenoxy) is 1. The molecule has 1 heterocycles. The highest BCUT2D eigenvalue weighted by molar-refractivity contribution is 6.05. The van der Waals surface area contributed by atoms with Gasteiger partial charge in [-0.15, -0.1) is 0 Å². The van der Waals surface area contributed by atoms with Crippen LogP contribution in [0.2, 0.25) is 0 Å². The summed E-state index contributed by atoms with van der Waals surface area (Å²) in [4.78, 5) is 29.8. The zero-order valence-electron chi connectivity index (χ0n) is 20.7. The summed E-state index contributed by atoms with van der Waals surface area (Å²) in [6.07, 6.45) is 9.20. The van der Waals surface area contributed by atoms with Gasteiger partial charge in [-0.05, 0) is 86.7 Å². The van der Waals surface area contributed by atoms with Crippen molar-refractivity contribution in [2.24, 2.45) is 0 Å². The summed E-state index contributed by atoms with van der Waals surface area (Å²) in [5.41, 5.74) is 5.49. The molecule has 1 aliphatic rings. The lowest BCUT2D eigenvalue weighted by atomic mass is 9.95. The van der Waals surface area contributed by atoms with E-state index in [0.717, 1.165) is 40.8 Å². The molecule has 0 aliphatic heterocycles. The van der Waals surface area contributed by atoms with Crippen molar-refractivity contribution in [3.05, 3.63) is 88.2 Å². The third kappa shape index (κ3) is 6.27. The van der Waals surface area contributed by atoms with E-state index < -0.39 is 0 Å². The number of benzene rings is 2. The van der Waals surface area contributed by atoms with Crippen LogP contribution in [0.5, 0.6) is 5.75 Å². The van der Waals surface area contributed by atoms with E-state index in [9.17, 15) is 9.59 Å². The number of aromatic nitrogens is 1. The number of aryl methyl sites for hydroxylation is 3. The predicted molar refractivity (Wildman–Crippen MR) is 138 cm³/mol. The highest BCUT2D eigenvalue weighted by Crippen LogP contribution is 2.27. The molecule has 0 spiro atoms. The molecule has 0 radical (unpaired) electrons. The summed E-state index contributed by atoms with van der Waals surface area (Å²) in [7, 11) is 0. The lowest BCUT2D eigenvalue weighted by molar-refractivity contribution is 0.0927. The summed E-state index contributed by atoms with van der Waals surface area (Å²) in [5, 5.41) is 6.13. The molecule has 4 rings (SSSR count). The van der Waals surface area contributed by atoms with E-state index in [1.54, 1.807) is 24.5 Å². The number of anilines is 1. The van der Waals surface area contributed by atoms with E-state index in [4.69, 9.17) is 4.74 Å². The van der Waals surface area contributed by atoms with E-state index in [2.05, 4.69) is 15.6 Å². The van der Waals surface area contributed by atoms with Crippen LogP contribution in [0.15, 0.2) is 54.9 Å². The van der Waals surface area contributed by atoms with Crippen molar-refractivity contribution >= 4 is 17.5 Å². The molecular formula is C29H33N3O3. The standard InChI is InChI=1S/C29H33N3O3/c1-19-14-23(28(33)31-25-9-5-4-6-10-25)11-12-26(19)32-29(34)24-15-20(2)27(21(3)16-24)35-18-22-8-7-13-30-17-22/h7-8,11-17,25H,4-6,9-10,18H2,1-3H3,(H,31,33)(H,32,34). The second-order valence-corrected chi connectivity index (χ2v) is 9.38. The van der Waals surface area contributed by atoms with Gasteiger partial charge >= 0.3 is 0 Å². The molecule has 35 heavy (non-hydrogen) atoms. The molecule has 2 aromatic carbocycles. The van der Waals surface area contributed by atoms with Crippen LogP contribution in [0.3, 0.4) is 0 Å². The molecule has 0 bridgehead atoms. The molecule has 2 N–H and O–H groups in total. The SMILES string of the molecule is Cc1cc(C(=O)NC2CCCCC2)ccc1NC(=O)c1cc(C)c(OCc2cccnc2)c(C)c1. The normalized spacial score (nSPS) is 13.8. The number of hydrogen-bond acceptors (Lipinski definition) is 4. The minimum absolute atomic E-state index is 0.0500.